The average molecular weight is 330 g/mol. The molecule has 0 bridgehead atoms. The number of rotatable bonds is 8. The zero-order valence-corrected chi connectivity index (χ0v) is 14.4. The van der Waals surface area contributed by atoms with Crippen LogP contribution in [0.2, 0.25) is 0 Å². The van der Waals surface area contributed by atoms with E-state index in [0.717, 1.165) is 29.7 Å². The summed E-state index contributed by atoms with van der Waals surface area (Å²) >= 11 is 1.84. The molecule has 2 rings (SSSR count). The molecule has 0 saturated heterocycles. The number of carboxylic acids is 1. The Morgan fingerprint density at radius 1 is 1.13 bits per heavy atom. The number of hydrogen-bond acceptors (Lipinski definition) is 3. The highest BCUT2D eigenvalue weighted by Gasteiger charge is 2.08. The summed E-state index contributed by atoms with van der Waals surface area (Å²) in [6.07, 6.45) is 2.22. The van der Waals surface area contributed by atoms with E-state index in [1.54, 1.807) is 0 Å². The van der Waals surface area contributed by atoms with Crippen molar-refractivity contribution in [1.29, 1.82) is 0 Å². The quantitative estimate of drug-likeness (QED) is 0.572. The van der Waals surface area contributed by atoms with Gasteiger partial charge in [0, 0.05) is 4.90 Å². The number of hydrogen-bond donors (Lipinski definition) is 1. The fourth-order valence-corrected chi connectivity index (χ4v) is 3.37. The Balaban J connectivity index is 1.87. The van der Waals surface area contributed by atoms with Crippen LogP contribution in [0.15, 0.2) is 47.4 Å². The average Bonchev–Trinajstić information content (AvgIpc) is 2.53. The monoisotopic (exact) mass is 330 g/mol. The molecule has 2 aromatic carbocycles. The topological polar surface area (TPSA) is 46.5 Å². The van der Waals surface area contributed by atoms with Crippen molar-refractivity contribution in [2.45, 2.75) is 31.6 Å². The first kappa shape index (κ1) is 17.4. The summed E-state index contributed by atoms with van der Waals surface area (Å²) in [4.78, 5) is 11.8. The van der Waals surface area contributed by atoms with Crippen molar-refractivity contribution in [3.8, 4) is 5.75 Å². The molecule has 4 heteroatoms. The molecule has 0 radical (unpaired) electrons. The normalized spacial score (nSPS) is 10.5. The Bertz CT molecular complexity index is 653. The third-order valence-electron chi connectivity index (χ3n) is 3.53. The van der Waals surface area contributed by atoms with Gasteiger partial charge in [-0.05, 0) is 61.3 Å². The highest BCUT2D eigenvalue weighted by molar-refractivity contribution is 7.99. The summed E-state index contributed by atoms with van der Waals surface area (Å²) in [5, 5.41) is 8.70. The van der Waals surface area contributed by atoms with Crippen LogP contribution in [-0.2, 0) is 11.2 Å². The first-order valence-electron chi connectivity index (χ1n) is 7.69. The van der Waals surface area contributed by atoms with Crippen LogP contribution in [0.1, 0.15) is 23.1 Å². The van der Waals surface area contributed by atoms with E-state index in [4.69, 9.17) is 9.84 Å². The van der Waals surface area contributed by atoms with Gasteiger partial charge in [0.05, 0.1) is 0 Å². The van der Waals surface area contributed by atoms with Gasteiger partial charge < -0.3 is 9.84 Å². The fraction of sp³-hybridized carbons (Fsp3) is 0.316. The van der Waals surface area contributed by atoms with Gasteiger partial charge in [-0.2, -0.15) is 0 Å². The van der Waals surface area contributed by atoms with E-state index < -0.39 is 5.97 Å². The van der Waals surface area contributed by atoms with Crippen LogP contribution in [0.4, 0.5) is 0 Å². The van der Waals surface area contributed by atoms with E-state index in [-0.39, 0.29) is 6.61 Å². The van der Waals surface area contributed by atoms with Gasteiger partial charge in [-0.15, -0.1) is 11.8 Å². The van der Waals surface area contributed by atoms with Crippen molar-refractivity contribution in [3.63, 3.8) is 0 Å². The van der Waals surface area contributed by atoms with Crippen LogP contribution in [0.25, 0.3) is 0 Å². The summed E-state index contributed by atoms with van der Waals surface area (Å²) in [5.74, 6) is 0.754. The number of carbonyl (C=O) groups is 1. The molecule has 3 nitrogen and oxygen atoms in total. The van der Waals surface area contributed by atoms with Crippen LogP contribution in [0.3, 0.4) is 0 Å². The molecule has 0 spiro atoms. The third kappa shape index (κ3) is 5.64. The summed E-state index contributed by atoms with van der Waals surface area (Å²) in [5.41, 5.74) is 3.47. The Hall–Kier alpha value is -1.94. The zero-order chi connectivity index (χ0) is 16.7. The van der Waals surface area contributed by atoms with Gasteiger partial charge in [0.1, 0.15) is 5.75 Å². The second kappa shape index (κ2) is 8.63. The van der Waals surface area contributed by atoms with E-state index in [1.165, 1.54) is 10.5 Å². The molecule has 122 valence electrons. The molecule has 0 saturated carbocycles. The highest BCUT2D eigenvalue weighted by Crippen LogP contribution is 2.30. The van der Waals surface area contributed by atoms with Gasteiger partial charge in [0.25, 0.3) is 0 Å². The molecule has 0 unspecified atom stereocenters. The Morgan fingerprint density at radius 3 is 2.57 bits per heavy atom. The third-order valence-corrected chi connectivity index (χ3v) is 4.78. The maximum absolute atomic E-state index is 10.6. The number of carboxylic acid groups (broad SMARTS) is 1. The predicted octanol–water partition coefficient (Wildman–Crippen LogP) is 4.49. The second-order valence-electron chi connectivity index (χ2n) is 5.50. The highest BCUT2D eigenvalue weighted by atomic mass is 32.2. The van der Waals surface area contributed by atoms with Gasteiger partial charge in [-0.25, -0.2) is 4.79 Å². The molecule has 0 aliphatic heterocycles. The lowest BCUT2D eigenvalue weighted by Crippen LogP contribution is -2.10. The molecular weight excluding hydrogens is 308 g/mol. The van der Waals surface area contributed by atoms with Crippen molar-refractivity contribution in [1.82, 2.24) is 0 Å². The van der Waals surface area contributed by atoms with Crippen LogP contribution in [-0.4, -0.2) is 23.4 Å². The Labute approximate surface area is 141 Å². The van der Waals surface area contributed by atoms with Crippen molar-refractivity contribution >= 4 is 17.7 Å². The molecular formula is C19H22O3S. The van der Waals surface area contributed by atoms with Crippen molar-refractivity contribution < 1.29 is 14.6 Å². The van der Waals surface area contributed by atoms with Crippen molar-refractivity contribution in [3.05, 3.63) is 59.2 Å². The minimum Gasteiger partial charge on any atom is -0.482 e. The predicted molar refractivity (Wildman–Crippen MR) is 94.5 cm³/mol. The van der Waals surface area contributed by atoms with Crippen molar-refractivity contribution in [2.75, 3.05) is 12.4 Å². The van der Waals surface area contributed by atoms with E-state index >= 15 is 0 Å². The molecule has 0 fully saturated rings. The fourth-order valence-electron chi connectivity index (χ4n) is 2.32. The lowest BCUT2D eigenvalue weighted by atomic mass is 10.1. The van der Waals surface area contributed by atoms with E-state index in [9.17, 15) is 4.79 Å². The maximum atomic E-state index is 10.6. The summed E-state index contributed by atoms with van der Waals surface area (Å²) < 4.78 is 5.31. The standard InChI is InChI=1S/C19H22O3S/c1-14-12-18(15(2)11-17(14)22-13-19(20)21)23-10-6-9-16-7-4-3-5-8-16/h3-5,7-8,11-12H,6,9-10,13H2,1-2H3,(H,20,21). The second-order valence-corrected chi connectivity index (χ2v) is 6.64. The lowest BCUT2D eigenvalue weighted by Gasteiger charge is -2.12. The van der Waals surface area contributed by atoms with Gasteiger partial charge in [-0.1, -0.05) is 30.3 Å². The number of benzene rings is 2. The van der Waals surface area contributed by atoms with Crippen LogP contribution in [0.5, 0.6) is 5.75 Å². The molecule has 0 aliphatic rings. The van der Waals surface area contributed by atoms with E-state index in [2.05, 4.69) is 30.3 Å². The molecule has 0 amide bonds. The van der Waals surface area contributed by atoms with Crippen LogP contribution < -0.4 is 4.74 Å². The summed E-state index contributed by atoms with van der Waals surface area (Å²) in [6, 6.07) is 14.5. The van der Waals surface area contributed by atoms with E-state index in [1.807, 2.05) is 37.7 Å². The first-order valence-corrected chi connectivity index (χ1v) is 8.67. The Kier molecular flexibility index (Phi) is 6.53. The lowest BCUT2D eigenvalue weighted by molar-refractivity contribution is -0.139. The van der Waals surface area contributed by atoms with Crippen LogP contribution >= 0.6 is 11.8 Å². The number of ether oxygens (including phenoxy) is 1. The van der Waals surface area contributed by atoms with Gasteiger partial charge in [-0.3, -0.25) is 0 Å². The number of aryl methyl sites for hydroxylation is 3. The molecule has 0 heterocycles. The van der Waals surface area contributed by atoms with Crippen LogP contribution in [0, 0.1) is 13.8 Å². The smallest absolute Gasteiger partial charge is 0.341 e. The Morgan fingerprint density at radius 2 is 1.87 bits per heavy atom. The minimum atomic E-state index is -0.957. The summed E-state index contributed by atoms with van der Waals surface area (Å²) in [7, 11) is 0. The number of thioether (sulfide) groups is 1. The van der Waals surface area contributed by atoms with Crippen molar-refractivity contribution in [2.24, 2.45) is 0 Å². The summed E-state index contributed by atoms with van der Waals surface area (Å²) in [6.45, 7) is 3.68. The van der Waals surface area contributed by atoms with Gasteiger partial charge in [0.2, 0.25) is 0 Å². The molecule has 23 heavy (non-hydrogen) atoms. The molecule has 0 aliphatic carbocycles. The van der Waals surface area contributed by atoms with Gasteiger partial charge in [0.15, 0.2) is 6.61 Å². The van der Waals surface area contributed by atoms with E-state index in [0.29, 0.717) is 5.75 Å². The number of aliphatic carboxylic acids is 1. The SMILES string of the molecule is Cc1cc(SCCCc2ccccc2)c(C)cc1OCC(=O)O. The molecule has 1 N–H and O–H groups in total. The maximum Gasteiger partial charge on any atom is 0.341 e. The zero-order valence-electron chi connectivity index (χ0n) is 13.5. The molecule has 0 atom stereocenters. The molecule has 2 aromatic rings. The molecule has 0 aromatic heterocycles. The van der Waals surface area contributed by atoms with Gasteiger partial charge >= 0.3 is 5.97 Å². The minimum absolute atomic E-state index is 0.302. The first-order chi connectivity index (χ1) is 11.1. The largest absolute Gasteiger partial charge is 0.482 e.